The highest BCUT2D eigenvalue weighted by molar-refractivity contribution is 9.10. The van der Waals surface area contributed by atoms with Gasteiger partial charge in [-0.2, -0.15) is 20.2 Å². The summed E-state index contributed by atoms with van der Waals surface area (Å²) in [5.74, 6) is 0.538. The number of allylic oxidation sites excluding steroid dienone is 1. The number of nitrogen functional groups attached to an aromatic ring is 1. The van der Waals surface area contributed by atoms with Gasteiger partial charge >= 0.3 is 0 Å². The maximum Gasteiger partial charge on any atom is 0.232 e. The fraction of sp³-hybridized carbons (Fsp3) is 0. The lowest BCUT2D eigenvalue weighted by atomic mass is 10.1. The molecule has 0 fully saturated rings. The maximum atomic E-state index is 9.49. The number of anilines is 3. The van der Waals surface area contributed by atoms with Crippen molar-refractivity contribution in [3.8, 4) is 6.07 Å². The molecular formula is C18H13BrN6. The first kappa shape index (κ1) is 16.6. The molecule has 0 aliphatic rings. The molecule has 0 bridgehead atoms. The van der Waals surface area contributed by atoms with E-state index in [1.54, 1.807) is 6.08 Å². The highest BCUT2D eigenvalue weighted by Gasteiger charge is 2.10. The van der Waals surface area contributed by atoms with Gasteiger partial charge in [0.05, 0.1) is 5.57 Å². The molecule has 0 spiro atoms. The number of nitrogens with two attached hydrogens (primary N) is 1. The first-order valence-electron chi connectivity index (χ1n) is 7.35. The Balaban J connectivity index is 1.96. The monoisotopic (exact) mass is 392 g/mol. The second-order valence-corrected chi connectivity index (χ2v) is 5.97. The van der Waals surface area contributed by atoms with Gasteiger partial charge in [0, 0.05) is 10.2 Å². The van der Waals surface area contributed by atoms with Crippen LogP contribution in [0.4, 0.5) is 17.6 Å². The van der Waals surface area contributed by atoms with E-state index in [2.05, 4.69) is 42.3 Å². The van der Waals surface area contributed by atoms with Crippen LogP contribution in [0.2, 0.25) is 0 Å². The van der Waals surface area contributed by atoms with Crippen LogP contribution < -0.4 is 11.1 Å². The molecule has 0 atom stereocenters. The van der Waals surface area contributed by atoms with Gasteiger partial charge in [0.1, 0.15) is 6.07 Å². The van der Waals surface area contributed by atoms with Gasteiger partial charge in [0.2, 0.25) is 11.9 Å². The second kappa shape index (κ2) is 7.55. The van der Waals surface area contributed by atoms with E-state index in [9.17, 15) is 5.26 Å². The largest absolute Gasteiger partial charge is 0.368 e. The first-order chi connectivity index (χ1) is 12.1. The van der Waals surface area contributed by atoms with E-state index in [-0.39, 0.29) is 17.7 Å². The number of halogens is 1. The molecule has 3 rings (SSSR count). The van der Waals surface area contributed by atoms with E-state index < -0.39 is 0 Å². The third-order valence-corrected chi connectivity index (χ3v) is 3.70. The molecule has 0 aliphatic heterocycles. The molecule has 122 valence electrons. The molecule has 0 saturated heterocycles. The van der Waals surface area contributed by atoms with E-state index in [4.69, 9.17) is 5.73 Å². The summed E-state index contributed by atoms with van der Waals surface area (Å²) in [6, 6.07) is 19.1. The number of benzene rings is 2. The molecule has 6 nitrogen and oxygen atoms in total. The maximum absolute atomic E-state index is 9.49. The van der Waals surface area contributed by atoms with Crippen molar-refractivity contribution in [2.45, 2.75) is 0 Å². The van der Waals surface area contributed by atoms with Crippen molar-refractivity contribution in [3.05, 3.63) is 70.5 Å². The van der Waals surface area contributed by atoms with Crippen molar-refractivity contribution in [1.29, 1.82) is 5.26 Å². The molecule has 0 unspecified atom stereocenters. The Kier molecular flexibility index (Phi) is 5.02. The summed E-state index contributed by atoms with van der Waals surface area (Å²) in [7, 11) is 0. The summed E-state index contributed by atoms with van der Waals surface area (Å²) >= 11 is 3.41. The summed E-state index contributed by atoms with van der Waals surface area (Å²) in [5, 5.41) is 12.5. The topological polar surface area (TPSA) is 101 Å². The average molecular weight is 393 g/mol. The highest BCUT2D eigenvalue weighted by atomic mass is 79.9. The van der Waals surface area contributed by atoms with Crippen LogP contribution in [-0.4, -0.2) is 15.0 Å². The van der Waals surface area contributed by atoms with Gasteiger partial charge in [0.15, 0.2) is 5.82 Å². The van der Waals surface area contributed by atoms with Crippen molar-refractivity contribution < 1.29 is 0 Å². The van der Waals surface area contributed by atoms with Crippen molar-refractivity contribution in [2.24, 2.45) is 0 Å². The van der Waals surface area contributed by atoms with Crippen LogP contribution in [0.5, 0.6) is 0 Å². The van der Waals surface area contributed by atoms with Gasteiger partial charge in [0.25, 0.3) is 0 Å². The first-order valence-corrected chi connectivity index (χ1v) is 8.15. The number of hydrogen-bond acceptors (Lipinski definition) is 6. The number of rotatable bonds is 4. The van der Waals surface area contributed by atoms with E-state index in [0.717, 1.165) is 15.7 Å². The number of aromatic nitrogens is 3. The smallest absolute Gasteiger partial charge is 0.232 e. The zero-order chi connectivity index (χ0) is 17.6. The SMILES string of the molecule is N#C/C(=C/c1cccc(Br)c1)c1nc(N)nc(Nc2ccccc2)n1. The van der Waals surface area contributed by atoms with Gasteiger partial charge in [-0.05, 0) is 35.9 Å². The Labute approximate surface area is 153 Å². The highest BCUT2D eigenvalue weighted by Crippen LogP contribution is 2.20. The predicted octanol–water partition coefficient (Wildman–Crippen LogP) is 4.02. The minimum atomic E-state index is 0.0406. The number of hydrogen-bond donors (Lipinski definition) is 2. The van der Waals surface area contributed by atoms with Gasteiger partial charge in [-0.3, -0.25) is 0 Å². The lowest BCUT2D eigenvalue weighted by Gasteiger charge is -2.07. The molecule has 0 radical (unpaired) electrons. The van der Waals surface area contributed by atoms with E-state index in [1.165, 1.54) is 0 Å². The molecule has 1 aromatic heterocycles. The Morgan fingerprint density at radius 1 is 1.08 bits per heavy atom. The summed E-state index contributed by atoms with van der Waals surface area (Å²) in [4.78, 5) is 12.4. The van der Waals surface area contributed by atoms with Crippen LogP contribution in [0.15, 0.2) is 59.1 Å². The Morgan fingerprint density at radius 2 is 1.88 bits per heavy atom. The van der Waals surface area contributed by atoms with Crippen molar-refractivity contribution in [2.75, 3.05) is 11.1 Å². The fourth-order valence-corrected chi connectivity index (χ4v) is 2.55. The normalized spacial score (nSPS) is 11.0. The van der Waals surface area contributed by atoms with Crippen molar-refractivity contribution in [1.82, 2.24) is 15.0 Å². The minimum absolute atomic E-state index is 0.0406. The van der Waals surface area contributed by atoms with E-state index in [0.29, 0.717) is 5.57 Å². The molecule has 7 heteroatoms. The quantitative estimate of drug-likeness (QED) is 0.650. The standard InChI is InChI=1S/C18H13BrN6/c19-14-6-4-5-12(10-14)9-13(11-20)16-23-17(21)25-18(24-16)22-15-7-2-1-3-8-15/h1-10H,(H3,21,22,23,24,25)/b13-9-. The molecule has 3 aromatic rings. The Bertz CT molecular complexity index is 963. The summed E-state index contributed by atoms with van der Waals surface area (Å²) in [6.07, 6.45) is 1.70. The zero-order valence-corrected chi connectivity index (χ0v) is 14.6. The number of para-hydroxylation sites is 1. The van der Waals surface area contributed by atoms with Crippen LogP contribution in [0.1, 0.15) is 11.4 Å². The molecule has 3 N–H and O–H groups in total. The Hall–Kier alpha value is -3.24. The van der Waals surface area contributed by atoms with Crippen LogP contribution >= 0.6 is 15.9 Å². The predicted molar refractivity (Wildman–Crippen MR) is 102 cm³/mol. The van der Waals surface area contributed by atoms with Crippen molar-refractivity contribution in [3.63, 3.8) is 0 Å². The molecule has 0 saturated carbocycles. The average Bonchev–Trinajstić information content (AvgIpc) is 2.60. The molecule has 1 heterocycles. The molecule has 0 aliphatic carbocycles. The van der Waals surface area contributed by atoms with Crippen LogP contribution in [-0.2, 0) is 0 Å². The lowest BCUT2D eigenvalue weighted by molar-refractivity contribution is 1.04. The lowest BCUT2D eigenvalue weighted by Crippen LogP contribution is -2.06. The van der Waals surface area contributed by atoms with Crippen LogP contribution in [0.3, 0.4) is 0 Å². The number of nitriles is 1. The third kappa shape index (κ3) is 4.40. The van der Waals surface area contributed by atoms with Gasteiger partial charge in [-0.25, -0.2) is 0 Å². The fourth-order valence-electron chi connectivity index (χ4n) is 2.13. The summed E-state index contributed by atoms with van der Waals surface area (Å²) < 4.78 is 0.917. The minimum Gasteiger partial charge on any atom is -0.368 e. The van der Waals surface area contributed by atoms with E-state index >= 15 is 0 Å². The van der Waals surface area contributed by atoms with Gasteiger partial charge < -0.3 is 11.1 Å². The third-order valence-electron chi connectivity index (χ3n) is 3.20. The van der Waals surface area contributed by atoms with Gasteiger partial charge in [-0.15, -0.1) is 0 Å². The zero-order valence-electron chi connectivity index (χ0n) is 13.0. The Morgan fingerprint density at radius 3 is 2.60 bits per heavy atom. The second-order valence-electron chi connectivity index (χ2n) is 5.06. The molecular weight excluding hydrogens is 380 g/mol. The number of nitrogens with zero attached hydrogens (tertiary/aromatic N) is 4. The van der Waals surface area contributed by atoms with Gasteiger partial charge in [-0.1, -0.05) is 46.3 Å². The molecule has 25 heavy (non-hydrogen) atoms. The summed E-state index contributed by atoms with van der Waals surface area (Å²) in [5.41, 5.74) is 7.73. The van der Waals surface area contributed by atoms with Crippen LogP contribution in [0.25, 0.3) is 11.6 Å². The molecule has 0 amide bonds. The molecule has 2 aromatic carbocycles. The van der Waals surface area contributed by atoms with E-state index in [1.807, 2.05) is 54.6 Å². The number of nitrogens with one attached hydrogen (secondary N) is 1. The summed E-state index contributed by atoms with van der Waals surface area (Å²) in [6.45, 7) is 0. The van der Waals surface area contributed by atoms with Crippen LogP contribution in [0, 0.1) is 11.3 Å². The van der Waals surface area contributed by atoms with Crippen molar-refractivity contribution >= 4 is 45.2 Å².